The Balaban J connectivity index is 2.16. The fourth-order valence-electron chi connectivity index (χ4n) is 2.14. The average molecular weight is 278 g/mol. The second-order valence-corrected chi connectivity index (χ2v) is 4.55. The lowest BCUT2D eigenvalue weighted by Gasteiger charge is -2.34. The van der Waals surface area contributed by atoms with Gasteiger partial charge in [0.15, 0.2) is 5.84 Å². The molecule has 7 nitrogen and oxygen atoms in total. The van der Waals surface area contributed by atoms with Crippen molar-refractivity contribution in [3.63, 3.8) is 0 Å². The maximum atomic E-state index is 12.4. The van der Waals surface area contributed by atoms with Crippen molar-refractivity contribution in [3.8, 4) is 0 Å². The number of oxime groups is 1. The quantitative estimate of drug-likeness (QED) is 0.361. The summed E-state index contributed by atoms with van der Waals surface area (Å²) in [4.78, 5) is 18.3. The van der Waals surface area contributed by atoms with Crippen molar-refractivity contribution in [2.75, 3.05) is 19.8 Å². The summed E-state index contributed by atoms with van der Waals surface area (Å²) in [6.45, 7) is 3.70. The minimum atomic E-state index is -0.119. The molecule has 1 aliphatic heterocycles. The number of aromatic nitrogens is 1. The van der Waals surface area contributed by atoms with Gasteiger partial charge in [-0.05, 0) is 18.6 Å². The van der Waals surface area contributed by atoms with Gasteiger partial charge in [-0.25, -0.2) is 0 Å². The molecule has 20 heavy (non-hydrogen) atoms. The molecule has 1 fully saturated rings. The van der Waals surface area contributed by atoms with Crippen LogP contribution in [0.15, 0.2) is 23.5 Å². The second-order valence-electron chi connectivity index (χ2n) is 4.55. The van der Waals surface area contributed by atoms with Crippen LogP contribution in [-0.2, 0) is 4.74 Å². The summed E-state index contributed by atoms with van der Waals surface area (Å²) < 4.78 is 5.38. The van der Waals surface area contributed by atoms with Crippen LogP contribution in [0.2, 0.25) is 0 Å². The molecule has 1 amide bonds. The molecule has 1 aliphatic rings. The third-order valence-corrected chi connectivity index (χ3v) is 3.35. The largest absolute Gasteiger partial charge is 0.409 e. The Morgan fingerprint density at radius 1 is 1.65 bits per heavy atom. The second kappa shape index (κ2) is 6.33. The first-order valence-electron chi connectivity index (χ1n) is 6.50. The molecule has 0 aromatic carbocycles. The maximum absolute atomic E-state index is 12.4. The van der Waals surface area contributed by atoms with Crippen LogP contribution in [-0.4, -0.2) is 52.6 Å². The first-order chi connectivity index (χ1) is 9.67. The van der Waals surface area contributed by atoms with Crippen molar-refractivity contribution in [1.82, 2.24) is 9.88 Å². The van der Waals surface area contributed by atoms with Crippen LogP contribution in [0.3, 0.4) is 0 Å². The van der Waals surface area contributed by atoms with Crippen LogP contribution in [0.1, 0.15) is 29.4 Å². The molecule has 0 radical (unpaired) electrons. The molecule has 108 valence electrons. The van der Waals surface area contributed by atoms with Gasteiger partial charge in [-0.15, -0.1) is 0 Å². The lowest BCUT2D eigenvalue weighted by Crippen LogP contribution is -2.48. The van der Waals surface area contributed by atoms with Crippen LogP contribution in [0.4, 0.5) is 0 Å². The van der Waals surface area contributed by atoms with Crippen molar-refractivity contribution in [2.24, 2.45) is 10.9 Å². The zero-order chi connectivity index (χ0) is 14.5. The monoisotopic (exact) mass is 278 g/mol. The molecule has 1 aromatic heterocycles. The van der Waals surface area contributed by atoms with Crippen LogP contribution >= 0.6 is 0 Å². The molecule has 1 aromatic rings. The van der Waals surface area contributed by atoms with E-state index in [0.717, 1.165) is 6.42 Å². The summed E-state index contributed by atoms with van der Waals surface area (Å²) in [6.07, 6.45) is 2.26. The van der Waals surface area contributed by atoms with Crippen molar-refractivity contribution >= 4 is 11.7 Å². The van der Waals surface area contributed by atoms with Crippen LogP contribution in [0, 0.1) is 0 Å². The molecule has 2 heterocycles. The highest BCUT2D eigenvalue weighted by Crippen LogP contribution is 2.14. The smallest absolute Gasteiger partial charge is 0.272 e. The molecular weight excluding hydrogens is 260 g/mol. The first kappa shape index (κ1) is 14.3. The van der Waals surface area contributed by atoms with Gasteiger partial charge >= 0.3 is 0 Å². The molecule has 0 spiro atoms. The third kappa shape index (κ3) is 2.88. The Morgan fingerprint density at radius 2 is 2.45 bits per heavy atom. The number of nitrogens with two attached hydrogens (primary N) is 1. The average Bonchev–Trinajstić information content (AvgIpc) is 2.53. The van der Waals surface area contributed by atoms with Gasteiger partial charge in [-0.2, -0.15) is 0 Å². The van der Waals surface area contributed by atoms with Crippen molar-refractivity contribution in [1.29, 1.82) is 0 Å². The summed E-state index contributed by atoms with van der Waals surface area (Å²) in [5.41, 5.74) is 6.27. The molecule has 0 saturated carbocycles. The topological polar surface area (TPSA) is 101 Å². The number of carbonyl (C=O) groups excluding carboxylic acids is 1. The molecule has 1 saturated heterocycles. The van der Waals surface area contributed by atoms with Crippen molar-refractivity contribution < 1.29 is 14.7 Å². The maximum Gasteiger partial charge on any atom is 0.272 e. The number of rotatable bonds is 3. The molecular formula is C13H18N4O3. The zero-order valence-electron chi connectivity index (χ0n) is 11.3. The number of hydrogen-bond donors (Lipinski definition) is 2. The predicted octanol–water partition coefficient (Wildman–Crippen LogP) is 0.427. The molecule has 1 unspecified atom stereocenters. The minimum Gasteiger partial charge on any atom is -0.409 e. The predicted molar refractivity (Wildman–Crippen MR) is 72.7 cm³/mol. The van der Waals surface area contributed by atoms with Crippen LogP contribution in [0.5, 0.6) is 0 Å². The van der Waals surface area contributed by atoms with Gasteiger partial charge in [0.25, 0.3) is 5.91 Å². The highest BCUT2D eigenvalue weighted by atomic mass is 16.5. The van der Waals surface area contributed by atoms with E-state index in [9.17, 15) is 4.79 Å². The third-order valence-electron chi connectivity index (χ3n) is 3.35. The Kier molecular flexibility index (Phi) is 4.52. The van der Waals surface area contributed by atoms with Gasteiger partial charge < -0.3 is 20.6 Å². The summed E-state index contributed by atoms with van der Waals surface area (Å²) in [5.74, 6) is -0.152. The highest BCUT2D eigenvalue weighted by Gasteiger charge is 2.27. The van der Waals surface area contributed by atoms with Gasteiger partial charge in [0.1, 0.15) is 5.69 Å². The van der Waals surface area contributed by atoms with E-state index in [2.05, 4.69) is 10.1 Å². The van der Waals surface area contributed by atoms with Crippen molar-refractivity contribution in [3.05, 3.63) is 29.6 Å². The fraction of sp³-hybridized carbons (Fsp3) is 0.462. The van der Waals surface area contributed by atoms with E-state index >= 15 is 0 Å². The molecule has 0 aliphatic carbocycles. The van der Waals surface area contributed by atoms with Crippen LogP contribution in [0.25, 0.3) is 0 Å². The van der Waals surface area contributed by atoms with E-state index in [1.54, 1.807) is 17.0 Å². The summed E-state index contributed by atoms with van der Waals surface area (Å²) in [6, 6.07) is 3.27. The van der Waals surface area contributed by atoms with E-state index in [1.165, 1.54) is 6.20 Å². The Bertz CT molecular complexity index is 501. The molecule has 1 atom stereocenters. The number of morpholine rings is 1. The molecule has 3 N–H and O–H groups in total. The number of amides is 1. The molecule has 7 heteroatoms. The van der Waals surface area contributed by atoms with Crippen LogP contribution < -0.4 is 5.73 Å². The van der Waals surface area contributed by atoms with Gasteiger partial charge in [0.2, 0.25) is 0 Å². The Morgan fingerprint density at radius 3 is 3.05 bits per heavy atom. The number of pyridine rings is 1. The number of nitrogens with zero attached hydrogens (tertiary/aromatic N) is 3. The Hall–Kier alpha value is -2.15. The molecule has 2 rings (SSSR count). The number of carbonyl (C=O) groups is 1. The van der Waals surface area contributed by atoms with E-state index in [0.29, 0.717) is 31.0 Å². The highest BCUT2D eigenvalue weighted by molar-refractivity contribution is 5.98. The summed E-state index contributed by atoms with van der Waals surface area (Å²) >= 11 is 0. The van der Waals surface area contributed by atoms with E-state index in [1.807, 2.05) is 6.92 Å². The first-order valence-corrected chi connectivity index (χ1v) is 6.50. The van der Waals surface area contributed by atoms with E-state index in [-0.39, 0.29) is 17.8 Å². The van der Waals surface area contributed by atoms with Crippen molar-refractivity contribution in [2.45, 2.75) is 19.4 Å². The Labute approximate surface area is 117 Å². The van der Waals surface area contributed by atoms with Gasteiger partial charge in [-0.3, -0.25) is 9.78 Å². The normalized spacial score (nSPS) is 19.9. The summed E-state index contributed by atoms with van der Waals surface area (Å²) in [7, 11) is 0. The minimum absolute atomic E-state index is 0.0330. The molecule has 0 bridgehead atoms. The SMILES string of the molecule is CCC1COCCN1C(=O)c1ccc(C(N)=NO)cn1. The number of ether oxygens (including phenoxy) is 1. The van der Waals surface area contributed by atoms with E-state index < -0.39 is 0 Å². The fourth-order valence-corrected chi connectivity index (χ4v) is 2.14. The number of amidine groups is 1. The van der Waals surface area contributed by atoms with Gasteiger partial charge in [-0.1, -0.05) is 12.1 Å². The summed E-state index contributed by atoms with van der Waals surface area (Å²) in [5, 5.41) is 11.5. The van der Waals surface area contributed by atoms with E-state index in [4.69, 9.17) is 15.7 Å². The van der Waals surface area contributed by atoms with Gasteiger partial charge in [0.05, 0.1) is 19.3 Å². The standard InChI is InChI=1S/C13H18N4O3/c1-2-10-8-20-6-5-17(10)13(18)11-4-3-9(7-15-11)12(14)16-19/h3-4,7,10,19H,2,5-6,8H2,1H3,(H2,14,16). The van der Waals surface area contributed by atoms with Gasteiger partial charge in [0, 0.05) is 18.3 Å². The number of hydrogen-bond acceptors (Lipinski definition) is 5. The zero-order valence-corrected chi connectivity index (χ0v) is 11.3. The lowest BCUT2D eigenvalue weighted by atomic mass is 10.1. The lowest BCUT2D eigenvalue weighted by molar-refractivity contribution is -0.00310.